The first-order valence-corrected chi connectivity index (χ1v) is 8.05. The molecule has 2 amide bonds. The summed E-state index contributed by atoms with van der Waals surface area (Å²) in [7, 11) is 0. The quantitative estimate of drug-likeness (QED) is 0.725. The summed E-state index contributed by atoms with van der Waals surface area (Å²) in [6.45, 7) is 0. The fourth-order valence-electron chi connectivity index (χ4n) is 3.35. The molecule has 3 rings (SSSR count). The molecule has 1 fully saturated rings. The number of hydrogen-bond acceptors (Lipinski definition) is 3. The van der Waals surface area contributed by atoms with E-state index < -0.39 is 17.9 Å². The van der Waals surface area contributed by atoms with Gasteiger partial charge in [-0.05, 0) is 55.4 Å². The van der Waals surface area contributed by atoms with Gasteiger partial charge in [0.05, 0.1) is 12.1 Å². The van der Waals surface area contributed by atoms with Crippen LogP contribution in [0.25, 0.3) is 0 Å². The number of amides is 2. The topological polar surface area (TPSA) is 78.4 Å². The van der Waals surface area contributed by atoms with E-state index in [1.165, 1.54) is 11.1 Å². The van der Waals surface area contributed by atoms with Crippen molar-refractivity contribution in [1.82, 2.24) is 5.32 Å². The Kier molecular flexibility index (Phi) is 4.43. The summed E-state index contributed by atoms with van der Waals surface area (Å²) in [6, 6.07) is 5.49. The average Bonchev–Trinajstić information content (AvgIpc) is 2.97. The molecule has 5 nitrogen and oxygen atoms in total. The molecular formula is C17H22N2O3. The van der Waals surface area contributed by atoms with Gasteiger partial charge < -0.3 is 15.7 Å². The summed E-state index contributed by atoms with van der Waals surface area (Å²) < 4.78 is 0. The second-order valence-corrected chi connectivity index (χ2v) is 6.22. The second-order valence-electron chi connectivity index (χ2n) is 6.22. The summed E-state index contributed by atoms with van der Waals surface area (Å²) >= 11 is 0. The van der Waals surface area contributed by atoms with E-state index in [-0.39, 0.29) is 6.04 Å². The lowest BCUT2D eigenvalue weighted by Crippen LogP contribution is -2.48. The van der Waals surface area contributed by atoms with E-state index in [1.54, 1.807) is 0 Å². The molecule has 2 aliphatic rings. The molecule has 22 heavy (non-hydrogen) atoms. The monoisotopic (exact) mass is 302 g/mol. The van der Waals surface area contributed by atoms with Crippen LogP contribution < -0.4 is 10.6 Å². The second kappa shape index (κ2) is 6.48. The highest BCUT2D eigenvalue weighted by atomic mass is 16.3. The number of hydrogen-bond donors (Lipinski definition) is 3. The van der Waals surface area contributed by atoms with Crippen molar-refractivity contribution < 1.29 is 14.7 Å². The van der Waals surface area contributed by atoms with Crippen molar-refractivity contribution in [3.63, 3.8) is 0 Å². The SMILES string of the molecule is O=C(Nc1ccc2c(c1)CCC2)C(=O)NC1CCCCC1O. The lowest BCUT2D eigenvalue weighted by atomic mass is 9.92. The fourth-order valence-corrected chi connectivity index (χ4v) is 3.35. The third-order valence-corrected chi connectivity index (χ3v) is 4.61. The van der Waals surface area contributed by atoms with Crippen LogP contribution in [0.1, 0.15) is 43.2 Å². The Labute approximate surface area is 130 Å². The zero-order chi connectivity index (χ0) is 15.5. The maximum Gasteiger partial charge on any atom is 0.313 e. The predicted octanol–water partition coefficient (Wildman–Crippen LogP) is 1.53. The van der Waals surface area contributed by atoms with Crippen molar-refractivity contribution in [2.75, 3.05) is 5.32 Å². The molecule has 118 valence electrons. The van der Waals surface area contributed by atoms with E-state index >= 15 is 0 Å². The van der Waals surface area contributed by atoms with Gasteiger partial charge >= 0.3 is 11.8 Å². The Morgan fingerprint density at radius 3 is 2.59 bits per heavy atom. The summed E-state index contributed by atoms with van der Waals surface area (Å²) in [5, 5.41) is 15.1. The molecule has 5 heteroatoms. The number of aryl methyl sites for hydroxylation is 2. The zero-order valence-electron chi connectivity index (χ0n) is 12.6. The molecule has 0 aromatic heterocycles. The van der Waals surface area contributed by atoms with Crippen molar-refractivity contribution >= 4 is 17.5 Å². The maximum atomic E-state index is 12.0. The number of carbonyl (C=O) groups excluding carboxylic acids is 2. The Morgan fingerprint density at radius 1 is 1.00 bits per heavy atom. The summed E-state index contributed by atoms with van der Waals surface area (Å²) in [5.74, 6) is -1.35. The third kappa shape index (κ3) is 3.30. The fraction of sp³-hybridized carbons (Fsp3) is 0.529. The molecule has 0 heterocycles. The molecule has 0 aliphatic heterocycles. The van der Waals surface area contributed by atoms with Crippen LogP contribution in [0.5, 0.6) is 0 Å². The number of fused-ring (bicyclic) bond motifs is 1. The molecule has 3 N–H and O–H groups in total. The van der Waals surface area contributed by atoms with Gasteiger partial charge in [0.25, 0.3) is 0 Å². The van der Waals surface area contributed by atoms with Gasteiger partial charge in [-0.3, -0.25) is 9.59 Å². The highest BCUT2D eigenvalue weighted by Crippen LogP contribution is 2.25. The number of rotatable bonds is 2. The number of anilines is 1. The summed E-state index contributed by atoms with van der Waals surface area (Å²) in [4.78, 5) is 23.9. The van der Waals surface area contributed by atoms with E-state index in [0.717, 1.165) is 38.5 Å². The van der Waals surface area contributed by atoms with Gasteiger partial charge in [-0.2, -0.15) is 0 Å². The molecule has 1 saturated carbocycles. The number of aliphatic hydroxyl groups is 1. The van der Waals surface area contributed by atoms with Gasteiger partial charge in [-0.1, -0.05) is 18.9 Å². The highest BCUT2D eigenvalue weighted by molar-refractivity contribution is 6.39. The first-order chi connectivity index (χ1) is 10.6. The van der Waals surface area contributed by atoms with E-state index in [9.17, 15) is 14.7 Å². The molecule has 0 bridgehead atoms. The summed E-state index contributed by atoms with van der Waals surface area (Å²) in [5.41, 5.74) is 3.23. The van der Waals surface area contributed by atoms with Crippen molar-refractivity contribution in [1.29, 1.82) is 0 Å². The first-order valence-electron chi connectivity index (χ1n) is 8.05. The van der Waals surface area contributed by atoms with Gasteiger partial charge in [-0.25, -0.2) is 0 Å². The molecule has 1 aromatic carbocycles. The largest absolute Gasteiger partial charge is 0.391 e. The lowest BCUT2D eigenvalue weighted by Gasteiger charge is -2.27. The minimum atomic E-state index is -0.675. The van der Waals surface area contributed by atoms with Crippen LogP contribution in [0.3, 0.4) is 0 Å². The van der Waals surface area contributed by atoms with Crippen LogP contribution in [0.2, 0.25) is 0 Å². The Hall–Kier alpha value is -1.88. The minimum Gasteiger partial charge on any atom is -0.391 e. The van der Waals surface area contributed by atoms with Crippen LogP contribution in [0.15, 0.2) is 18.2 Å². The van der Waals surface area contributed by atoms with Crippen molar-refractivity contribution in [2.45, 2.75) is 57.1 Å². The maximum absolute atomic E-state index is 12.0. The molecule has 0 radical (unpaired) electrons. The van der Waals surface area contributed by atoms with Crippen LogP contribution >= 0.6 is 0 Å². The molecule has 0 saturated heterocycles. The smallest absolute Gasteiger partial charge is 0.313 e. The Balaban J connectivity index is 1.58. The number of benzene rings is 1. The van der Waals surface area contributed by atoms with Gasteiger partial charge in [0.15, 0.2) is 0 Å². The van der Waals surface area contributed by atoms with Crippen LogP contribution in [0, 0.1) is 0 Å². The molecule has 0 spiro atoms. The van der Waals surface area contributed by atoms with Crippen LogP contribution in [0.4, 0.5) is 5.69 Å². The number of aliphatic hydroxyl groups excluding tert-OH is 1. The first kappa shape index (κ1) is 15.0. The lowest BCUT2D eigenvalue weighted by molar-refractivity contribution is -0.137. The van der Waals surface area contributed by atoms with E-state index in [0.29, 0.717) is 12.1 Å². The molecule has 2 unspecified atom stereocenters. The van der Waals surface area contributed by atoms with Crippen molar-refractivity contribution in [2.24, 2.45) is 0 Å². The number of nitrogens with one attached hydrogen (secondary N) is 2. The van der Waals surface area contributed by atoms with E-state index in [4.69, 9.17) is 0 Å². The predicted molar refractivity (Wildman–Crippen MR) is 83.5 cm³/mol. The standard InChI is InChI=1S/C17H22N2O3/c20-15-7-2-1-6-14(15)19-17(22)16(21)18-13-9-8-11-4-3-5-12(11)10-13/h8-10,14-15,20H,1-7H2,(H,18,21)(H,19,22). The van der Waals surface area contributed by atoms with E-state index in [2.05, 4.69) is 10.6 Å². The normalized spacial score (nSPS) is 23.7. The summed E-state index contributed by atoms with van der Waals surface area (Å²) in [6.07, 6.45) is 6.04. The molecule has 2 aliphatic carbocycles. The zero-order valence-corrected chi connectivity index (χ0v) is 12.6. The Bertz CT molecular complexity index is 585. The highest BCUT2D eigenvalue weighted by Gasteiger charge is 2.26. The third-order valence-electron chi connectivity index (χ3n) is 4.61. The van der Waals surface area contributed by atoms with Gasteiger partial charge in [-0.15, -0.1) is 0 Å². The minimum absolute atomic E-state index is 0.313. The average molecular weight is 302 g/mol. The van der Waals surface area contributed by atoms with Crippen LogP contribution in [-0.4, -0.2) is 29.1 Å². The van der Waals surface area contributed by atoms with Crippen molar-refractivity contribution in [3.05, 3.63) is 29.3 Å². The number of carbonyl (C=O) groups is 2. The molecule has 2 atom stereocenters. The van der Waals surface area contributed by atoms with Gasteiger partial charge in [0.1, 0.15) is 0 Å². The Morgan fingerprint density at radius 2 is 1.77 bits per heavy atom. The van der Waals surface area contributed by atoms with Gasteiger partial charge in [0, 0.05) is 5.69 Å². The van der Waals surface area contributed by atoms with E-state index in [1.807, 2.05) is 18.2 Å². The molecule has 1 aromatic rings. The van der Waals surface area contributed by atoms with Crippen LogP contribution in [-0.2, 0) is 22.4 Å². The molecular weight excluding hydrogens is 280 g/mol. The van der Waals surface area contributed by atoms with Crippen molar-refractivity contribution in [3.8, 4) is 0 Å². The van der Waals surface area contributed by atoms with Gasteiger partial charge in [0.2, 0.25) is 0 Å².